The van der Waals surface area contributed by atoms with Crippen LogP contribution in [-0.2, 0) is 20.7 Å². The first-order chi connectivity index (χ1) is 18.4. The lowest BCUT2D eigenvalue weighted by Gasteiger charge is -2.24. The number of amides is 2. The Balaban J connectivity index is 1.36. The lowest BCUT2D eigenvalue weighted by atomic mass is 10.0. The highest BCUT2D eigenvalue weighted by atomic mass is 79.9. The largest absolute Gasteiger partial charge is 0.341 e. The van der Waals surface area contributed by atoms with Crippen LogP contribution in [0.15, 0.2) is 88.6 Å². The van der Waals surface area contributed by atoms with Crippen LogP contribution in [0.1, 0.15) is 24.3 Å². The topological polar surface area (TPSA) is 63.9 Å². The Hall–Kier alpha value is -3.88. The lowest BCUT2D eigenvalue weighted by Crippen LogP contribution is -2.32. The minimum atomic E-state index is -0.608. The second-order valence-corrected chi connectivity index (χ2v) is 10.3. The van der Waals surface area contributed by atoms with Gasteiger partial charge in [-0.1, -0.05) is 40.2 Å². The predicted molar refractivity (Wildman–Crippen MR) is 144 cm³/mol. The minimum Gasteiger partial charge on any atom is -0.341 e. The number of ether oxygens (including phenoxy) is 1. The van der Waals surface area contributed by atoms with E-state index in [0.29, 0.717) is 18.3 Å². The van der Waals surface area contributed by atoms with Gasteiger partial charge in [0.2, 0.25) is 0 Å². The molecule has 2 atom stereocenters. The molecule has 190 valence electrons. The van der Waals surface area contributed by atoms with E-state index in [0.717, 1.165) is 37.6 Å². The van der Waals surface area contributed by atoms with Gasteiger partial charge < -0.3 is 14.2 Å². The molecule has 8 heteroatoms. The highest BCUT2D eigenvalue weighted by Crippen LogP contribution is 2.38. The van der Waals surface area contributed by atoms with Gasteiger partial charge in [-0.05, 0) is 66.9 Å². The summed E-state index contributed by atoms with van der Waals surface area (Å²) >= 11 is 3.48. The summed E-state index contributed by atoms with van der Waals surface area (Å²) in [5.74, 6) is -0.658. The molecule has 2 aliphatic rings. The normalized spacial score (nSPS) is 18.4. The number of rotatable bonds is 6. The summed E-state index contributed by atoms with van der Waals surface area (Å²) in [6.45, 7) is 2.19. The maximum Gasteiger partial charge on any atom is 0.270 e. The van der Waals surface area contributed by atoms with E-state index in [1.165, 1.54) is 18.2 Å². The zero-order valence-electron chi connectivity index (χ0n) is 20.5. The maximum absolute atomic E-state index is 13.7. The van der Waals surface area contributed by atoms with Crippen LogP contribution in [0, 0.1) is 5.82 Å². The van der Waals surface area contributed by atoms with Crippen LogP contribution in [0.4, 0.5) is 4.39 Å². The molecule has 2 amide bonds. The first kappa shape index (κ1) is 24.5. The monoisotopic (exact) mass is 571 g/mol. The Morgan fingerprint density at radius 2 is 1.76 bits per heavy atom. The molecule has 3 aromatic carbocycles. The lowest BCUT2D eigenvalue weighted by molar-refractivity contribution is -0.130. The molecule has 0 bridgehead atoms. The predicted octanol–water partition coefficient (Wildman–Crippen LogP) is 4.47. The number of carbonyl (C=O) groups excluding carboxylic acids is 2. The first-order valence-electron chi connectivity index (χ1n) is 12.3. The Bertz CT molecular complexity index is 1680. The van der Waals surface area contributed by atoms with Gasteiger partial charge in [0.25, 0.3) is 11.8 Å². The molecule has 0 N–H and O–H groups in total. The Labute approximate surface area is 226 Å². The molecule has 0 radical (unpaired) electrons. The molecule has 6 nitrogen and oxygen atoms in total. The SMILES string of the molecule is C[C@@H]1O[C@@H](c2cn(-c3ccc(Br)cc3)cc2-c2ccc(F)cc2)N(CCc2ccc3c(c2)=NC(=O)C=3)C1=O. The van der Waals surface area contributed by atoms with E-state index in [1.54, 1.807) is 24.0 Å². The van der Waals surface area contributed by atoms with Gasteiger partial charge in [-0.2, -0.15) is 0 Å². The quantitative estimate of drug-likeness (QED) is 0.343. The van der Waals surface area contributed by atoms with Crippen LogP contribution in [0.25, 0.3) is 22.9 Å². The van der Waals surface area contributed by atoms with Crippen molar-refractivity contribution in [1.82, 2.24) is 9.47 Å². The summed E-state index contributed by atoms with van der Waals surface area (Å²) in [5, 5.41) is 1.47. The third kappa shape index (κ3) is 4.61. The maximum atomic E-state index is 13.7. The molecule has 38 heavy (non-hydrogen) atoms. The smallest absolute Gasteiger partial charge is 0.270 e. The van der Waals surface area contributed by atoms with Gasteiger partial charge in [0.15, 0.2) is 6.23 Å². The van der Waals surface area contributed by atoms with Crippen LogP contribution in [0.5, 0.6) is 0 Å². The van der Waals surface area contributed by atoms with E-state index >= 15 is 0 Å². The molecule has 1 aromatic heterocycles. The summed E-state index contributed by atoms with van der Waals surface area (Å²) in [5.41, 5.74) is 4.43. The third-order valence-electron chi connectivity index (χ3n) is 6.90. The summed E-state index contributed by atoms with van der Waals surface area (Å²) in [7, 11) is 0. The number of aromatic nitrogens is 1. The molecule has 0 unspecified atom stereocenters. The van der Waals surface area contributed by atoms with E-state index in [-0.39, 0.29) is 17.6 Å². The average Bonchev–Trinajstić information content (AvgIpc) is 3.58. The summed E-state index contributed by atoms with van der Waals surface area (Å²) in [6, 6.07) is 20.0. The van der Waals surface area contributed by atoms with Crippen LogP contribution < -0.4 is 10.6 Å². The molecule has 1 fully saturated rings. The van der Waals surface area contributed by atoms with E-state index in [2.05, 4.69) is 20.9 Å². The Morgan fingerprint density at radius 3 is 2.53 bits per heavy atom. The van der Waals surface area contributed by atoms with E-state index in [1.807, 2.05) is 59.4 Å². The van der Waals surface area contributed by atoms with Crippen molar-refractivity contribution in [2.45, 2.75) is 25.7 Å². The highest BCUT2D eigenvalue weighted by Gasteiger charge is 2.40. The first-order valence-corrected chi connectivity index (χ1v) is 13.1. The molecular weight excluding hydrogens is 549 g/mol. The van der Waals surface area contributed by atoms with Crippen molar-refractivity contribution in [1.29, 1.82) is 0 Å². The van der Waals surface area contributed by atoms with Gasteiger partial charge in [0.1, 0.15) is 11.9 Å². The standard InChI is InChI=1S/C30H23BrFN3O3/c1-18-29(37)35(13-12-19-2-3-21-15-28(36)33-27(21)14-19)30(38-18)26-17-34(24-10-6-22(31)7-11-24)16-25(26)20-4-8-23(32)9-5-20/h2-11,14-18,30H,12-13H2,1H3/t18-,30-/m0/s1. The van der Waals surface area contributed by atoms with Gasteiger partial charge in [0, 0.05) is 51.5 Å². The molecule has 4 aromatic rings. The van der Waals surface area contributed by atoms with E-state index in [4.69, 9.17) is 4.74 Å². The van der Waals surface area contributed by atoms with Crippen LogP contribution in [0.2, 0.25) is 0 Å². The average molecular weight is 572 g/mol. The minimum absolute atomic E-state index is 0.0918. The fraction of sp³-hybridized carbons (Fsp3) is 0.167. The van der Waals surface area contributed by atoms with Gasteiger partial charge in [-0.3, -0.25) is 9.59 Å². The second-order valence-electron chi connectivity index (χ2n) is 9.42. The number of hydrogen-bond donors (Lipinski definition) is 0. The van der Waals surface area contributed by atoms with Crippen molar-refractivity contribution >= 4 is 33.8 Å². The van der Waals surface area contributed by atoms with Crippen molar-refractivity contribution in [2.75, 3.05) is 6.54 Å². The van der Waals surface area contributed by atoms with E-state index in [9.17, 15) is 14.0 Å². The van der Waals surface area contributed by atoms with Gasteiger partial charge >= 0.3 is 0 Å². The Kier molecular flexibility index (Phi) is 6.29. The summed E-state index contributed by atoms with van der Waals surface area (Å²) in [4.78, 5) is 30.6. The number of halogens is 2. The zero-order chi connectivity index (χ0) is 26.4. The summed E-state index contributed by atoms with van der Waals surface area (Å²) < 4.78 is 22.9. The molecule has 0 spiro atoms. The van der Waals surface area contributed by atoms with Crippen LogP contribution in [-0.4, -0.2) is 33.9 Å². The van der Waals surface area contributed by atoms with Crippen LogP contribution in [0.3, 0.4) is 0 Å². The fourth-order valence-corrected chi connectivity index (χ4v) is 5.20. The van der Waals surface area contributed by atoms with Gasteiger partial charge in [-0.15, -0.1) is 0 Å². The second kappa shape index (κ2) is 9.78. The zero-order valence-corrected chi connectivity index (χ0v) is 22.1. The van der Waals surface area contributed by atoms with Crippen molar-refractivity contribution in [3.63, 3.8) is 0 Å². The van der Waals surface area contributed by atoms with Gasteiger partial charge in [0.05, 0.1) is 5.36 Å². The van der Waals surface area contributed by atoms with Crippen molar-refractivity contribution in [3.05, 3.63) is 111 Å². The third-order valence-corrected chi connectivity index (χ3v) is 7.42. The number of nitrogens with zero attached hydrogens (tertiary/aromatic N) is 3. The molecule has 1 saturated heterocycles. The highest BCUT2D eigenvalue weighted by molar-refractivity contribution is 9.10. The molecule has 6 rings (SSSR count). The van der Waals surface area contributed by atoms with E-state index < -0.39 is 12.3 Å². The number of carbonyl (C=O) groups is 2. The van der Waals surface area contributed by atoms with Crippen molar-refractivity contribution < 1.29 is 18.7 Å². The Morgan fingerprint density at radius 1 is 1.00 bits per heavy atom. The van der Waals surface area contributed by atoms with Crippen molar-refractivity contribution in [3.8, 4) is 16.8 Å². The van der Waals surface area contributed by atoms with Crippen molar-refractivity contribution in [2.24, 2.45) is 4.99 Å². The molecule has 3 heterocycles. The number of benzene rings is 3. The number of fused-ring (bicyclic) bond motifs is 1. The molecular formula is C30H23BrFN3O3. The molecule has 2 aliphatic heterocycles. The molecule has 0 saturated carbocycles. The van der Waals surface area contributed by atoms with Gasteiger partial charge in [-0.25, -0.2) is 9.38 Å². The number of hydrogen-bond acceptors (Lipinski definition) is 3. The summed E-state index contributed by atoms with van der Waals surface area (Å²) in [6.07, 6.45) is 4.84. The fourth-order valence-electron chi connectivity index (χ4n) is 4.94. The molecule has 0 aliphatic carbocycles. The van der Waals surface area contributed by atoms with Crippen LogP contribution >= 0.6 is 15.9 Å².